The van der Waals surface area contributed by atoms with Crippen LogP contribution in [0, 0.1) is 3.57 Å². The van der Waals surface area contributed by atoms with Gasteiger partial charge < -0.3 is 10.6 Å². The number of hydrogen-bond acceptors (Lipinski definition) is 2. The van der Waals surface area contributed by atoms with Crippen LogP contribution in [0.15, 0.2) is 24.3 Å². The molecule has 2 N–H and O–H groups in total. The predicted octanol–water partition coefficient (Wildman–Crippen LogP) is 3.54. The zero-order chi connectivity index (χ0) is 13.1. The van der Waals surface area contributed by atoms with Crippen molar-refractivity contribution in [1.29, 1.82) is 0 Å². The molecule has 0 aliphatic rings. The van der Waals surface area contributed by atoms with E-state index < -0.39 is 9.96 Å². The van der Waals surface area contributed by atoms with Crippen LogP contribution in [0.25, 0.3) is 0 Å². The third-order valence-electron chi connectivity index (χ3n) is 1.83. The first-order valence-corrected chi connectivity index (χ1v) is 6.86. The minimum Gasteiger partial charge on any atom is -0.362 e. The number of rotatable bonds is 3. The molecular formula is C10H10Cl3IN2O. The Morgan fingerprint density at radius 1 is 1.29 bits per heavy atom. The van der Waals surface area contributed by atoms with Crippen LogP contribution >= 0.6 is 57.4 Å². The number of hydrogen-bond donors (Lipinski definition) is 2. The lowest BCUT2D eigenvalue weighted by Gasteiger charge is -2.26. The van der Waals surface area contributed by atoms with Crippen molar-refractivity contribution in [2.24, 2.45) is 0 Å². The summed E-state index contributed by atoms with van der Waals surface area (Å²) in [4.78, 5) is 11.0. The Labute approximate surface area is 128 Å². The average molecular weight is 407 g/mol. The minimum atomic E-state index is -1.63. The summed E-state index contributed by atoms with van der Waals surface area (Å²) in [5.41, 5.74) is 0.760. The van der Waals surface area contributed by atoms with Crippen molar-refractivity contribution in [2.45, 2.75) is 16.9 Å². The largest absolute Gasteiger partial charge is 0.362 e. The van der Waals surface area contributed by atoms with Crippen LogP contribution in [0.1, 0.15) is 6.92 Å². The van der Waals surface area contributed by atoms with E-state index in [0.29, 0.717) is 0 Å². The van der Waals surface area contributed by atoms with Crippen LogP contribution in [0.5, 0.6) is 0 Å². The van der Waals surface area contributed by atoms with Gasteiger partial charge in [-0.1, -0.05) is 34.8 Å². The summed E-state index contributed by atoms with van der Waals surface area (Å²) < 4.78 is -0.535. The molecule has 0 heterocycles. The molecule has 0 radical (unpaired) electrons. The van der Waals surface area contributed by atoms with Crippen LogP contribution in [0.2, 0.25) is 0 Å². The van der Waals surface area contributed by atoms with Gasteiger partial charge in [0.15, 0.2) is 0 Å². The van der Waals surface area contributed by atoms with E-state index in [1.54, 1.807) is 0 Å². The van der Waals surface area contributed by atoms with E-state index >= 15 is 0 Å². The highest BCUT2D eigenvalue weighted by atomic mass is 127. The fourth-order valence-corrected chi connectivity index (χ4v) is 1.80. The van der Waals surface area contributed by atoms with Crippen molar-refractivity contribution in [2.75, 3.05) is 5.32 Å². The summed E-state index contributed by atoms with van der Waals surface area (Å²) in [5, 5.41) is 5.48. The molecular weight excluding hydrogens is 397 g/mol. The molecule has 0 aliphatic carbocycles. The summed E-state index contributed by atoms with van der Waals surface area (Å²) in [6.45, 7) is 1.36. The average Bonchev–Trinajstić information content (AvgIpc) is 2.18. The molecule has 0 aliphatic heterocycles. The predicted molar refractivity (Wildman–Crippen MR) is 80.7 cm³/mol. The molecule has 0 unspecified atom stereocenters. The first-order chi connectivity index (χ1) is 7.79. The Bertz CT molecular complexity index is 392. The summed E-state index contributed by atoms with van der Waals surface area (Å²) in [6.07, 6.45) is -0.787. The molecule has 1 atom stereocenters. The highest BCUT2D eigenvalue weighted by molar-refractivity contribution is 14.1. The van der Waals surface area contributed by atoms with Gasteiger partial charge in [-0.2, -0.15) is 0 Å². The fraction of sp³-hybridized carbons (Fsp3) is 0.300. The molecule has 0 fully saturated rings. The SMILES string of the molecule is CC(=O)N[C@H](Nc1ccc(I)cc1)C(Cl)(Cl)Cl. The lowest BCUT2D eigenvalue weighted by atomic mass is 10.3. The molecule has 7 heteroatoms. The first kappa shape index (κ1) is 15.1. The van der Waals surface area contributed by atoms with Crippen molar-refractivity contribution in [1.82, 2.24) is 5.32 Å². The third kappa shape index (κ3) is 5.50. The lowest BCUT2D eigenvalue weighted by molar-refractivity contribution is -0.119. The Morgan fingerprint density at radius 3 is 2.24 bits per heavy atom. The maximum atomic E-state index is 11.0. The Kier molecular flexibility index (Phi) is 5.63. The van der Waals surface area contributed by atoms with Crippen molar-refractivity contribution in [3.63, 3.8) is 0 Å². The number of anilines is 1. The van der Waals surface area contributed by atoms with Gasteiger partial charge in [0.1, 0.15) is 6.17 Å². The molecule has 1 aromatic rings. The van der Waals surface area contributed by atoms with Crippen molar-refractivity contribution in [3.8, 4) is 0 Å². The summed E-state index contributed by atoms with van der Waals surface area (Å²) in [6, 6.07) is 7.50. The van der Waals surface area contributed by atoms with E-state index in [1.165, 1.54) is 6.92 Å². The number of nitrogens with one attached hydrogen (secondary N) is 2. The highest BCUT2D eigenvalue weighted by Crippen LogP contribution is 2.31. The number of carbonyl (C=O) groups excluding carboxylic acids is 1. The molecule has 17 heavy (non-hydrogen) atoms. The quantitative estimate of drug-likeness (QED) is 0.457. The van der Waals surface area contributed by atoms with Gasteiger partial charge >= 0.3 is 0 Å². The van der Waals surface area contributed by atoms with Crippen LogP contribution < -0.4 is 10.6 Å². The minimum absolute atomic E-state index is 0.278. The maximum Gasteiger partial charge on any atom is 0.228 e. The van der Waals surface area contributed by atoms with Crippen LogP contribution in [-0.2, 0) is 4.79 Å². The van der Waals surface area contributed by atoms with Gasteiger partial charge in [0.2, 0.25) is 9.70 Å². The zero-order valence-electron chi connectivity index (χ0n) is 8.81. The first-order valence-electron chi connectivity index (χ1n) is 4.65. The second kappa shape index (κ2) is 6.31. The Hall–Kier alpha value is 0.0900. The molecule has 0 bridgehead atoms. The number of amides is 1. The van der Waals surface area contributed by atoms with Crippen LogP contribution in [-0.4, -0.2) is 15.9 Å². The van der Waals surface area contributed by atoms with Crippen molar-refractivity contribution >= 4 is 69.0 Å². The Balaban J connectivity index is 2.79. The molecule has 1 aromatic carbocycles. The lowest BCUT2D eigenvalue weighted by Crippen LogP contribution is -2.48. The Morgan fingerprint density at radius 2 is 1.82 bits per heavy atom. The molecule has 3 nitrogen and oxygen atoms in total. The molecule has 0 aromatic heterocycles. The van der Waals surface area contributed by atoms with E-state index in [9.17, 15) is 4.79 Å². The fourth-order valence-electron chi connectivity index (χ4n) is 1.12. The number of carbonyl (C=O) groups is 1. The number of benzene rings is 1. The van der Waals surface area contributed by atoms with Crippen LogP contribution in [0.3, 0.4) is 0 Å². The van der Waals surface area contributed by atoms with E-state index in [-0.39, 0.29) is 5.91 Å². The van der Waals surface area contributed by atoms with Gasteiger partial charge in [0.05, 0.1) is 0 Å². The molecule has 94 valence electrons. The number of halogens is 4. The summed E-state index contributed by atoms with van der Waals surface area (Å²) >= 11 is 19.5. The summed E-state index contributed by atoms with van der Waals surface area (Å²) in [5.74, 6) is -0.278. The van der Waals surface area contributed by atoms with Gasteiger partial charge in [0, 0.05) is 16.2 Å². The summed E-state index contributed by atoms with van der Waals surface area (Å²) in [7, 11) is 0. The monoisotopic (exact) mass is 406 g/mol. The van der Waals surface area contributed by atoms with Gasteiger partial charge in [-0.3, -0.25) is 4.79 Å². The maximum absolute atomic E-state index is 11.0. The zero-order valence-corrected chi connectivity index (χ0v) is 13.2. The second-order valence-corrected chi connectivity index (χ2v) is 6.94. The van der Waals surface area contributed by atoms with E-state index in [2.05, 4.69) is 33.2 Å². The molecule has 0 spiro atoms. The molecule has 1 rings (SSSR count). The van der Waals surface area contributed by atoms with E-state index in [0.717, 1.165) is 9.26 Å². The van der Waals surface area contributed by atoms with E-state index in [1.807, 2.05) is 24.3 Å². The van der Waals surface area contributed by atoms with E-state index in [4.69, 9.17) is 34.8 Å². The smallest absolute Gasteiger partial charge is 0.228 e. The van der Waals surface area contributed by atoms with Gasteiger partial charge in [-0.05, 0) is 46.9 Å². The third-order valence-corrected chi connectivity index (χ3v) is 3.20. The topological polar surface area (TPSA) is 41.1 Å². The molecule has 0 saturated heterocycles. The van der Waals surface area contributed by atoms with Crippen molar-refractivity contribution < 1.29 is 4.79 Å². The molecule has 0 saturated carbocycles. The second-order valence-electron chi connectivity index (χ2n) is 3.33. The van der Waals surface area contributed by atoms with Crippen LogP contribution in [0.4, 0.5) is 5.69 Å². The van der Waals surface area contributed by atoms with Gasteiger partial charge in [-0.15, -0.1) is 0 Å². The number of alkyl halides is 3. The van der Waals surface area contributed by atoms with Crippen molar-refractivity contribution in [3.05, 3.63) is 27.8 Å². The standard InChI is InChI=1S/C10H10Cl3IN2O/c1-6(17)15-9(10(11,12)13)16-8-4-2-7(14)3-5-8/h2-5,9,16H,1H3,(H,15,17)/t9-/m1/s1. The molecule has 1 amide bonds. The highest BCUT2D eigenvalue weighted by Gasteiger charge is 2.33. The normalized spacial score (nSPS) is 13.0. The van der Waals surface area contributed by atoms with Gasteiger partial charge in [-0.25, -0.2) is 0 Å². The van der Waals surface area contributed by atoms with Gasteiger partial charge in [0.25, 0.3) is 0 Å².